The van der Waals surface area contributed by atoms with Crippen LogP contribution in [0.4, 0.5) is 5.69 Å². The first kappa shape index (κ1) is 21.0. The number of hydrazine groups is 1. The van der Waals surface area contributed by atoms with Crippen molar-refractivity contribution in [3.63, 3.8) is 0 Å². The van der Waals surface area contributed by atoms with Crippen molar-refractivity contribution in [2.24, 2.45) is 0 Å². The summed E-state index contributed by atoms with van der Waals surface area (Å²) >= 11 is 0. The van der Waals surface area contributed by atoms with E-state index in [9.17, 15) is 14.4 Å². The van der Waals surface area contributed by atoms with Crippen LogP contribution in [0.2, 0.25) is 0 Å². The molecule has 0 aliphatic carbocycles. The Hall–Kier alpha value is -3.35. The van der Waals surface area contributed by atoms with Gasteiger partial charge in [0.2, 0.25) is 5.91 Å². The van der Waals surface area contributed by atoms with Gasteiger partial charge in [-0.25, -0.2) is 0 Å². The Labute approximate surface area is 164 Å². The Kier molecular flexibility index (Phi) is 7.56. The number of nitrogens with one attached hydrogen (secondary N) is 3. The second-order valence-electron chi connectivity index (χ2n) is 6.25. The van der Waals surface area contributed by atoms with Gasteiger partial charge in [0.25, 0.3) is 11.8 Å². The maximum absolute atomic E-state index is 12.3. The molecule has 2 aromatic rings. The predicted octanol–water partition coefficient (Wildman–Crippen LogP) is 2.96. The number of carbonyl (C=O) groups excluding carboxylic acids is 3. The highest BCUT2D eigenvalue weighted by molar-refractivity contribution is 5.97. The summed E-state index contributed by atoms with van der Waals surface area (Å²) in [5.74, 6) is -0.418. The molecule has 0 aromatic heterocycles. The summed E-state index contributed by atoms with van der Waals surface area (Å²) in [6.07, 6.45) is 0.0904. The summed E-state index contributed by atoms with van der Waals surface area (Å²) in [5, 5.41) is 2.70. The van der Waals surface area contributed by atoms with E-state index >= 15 is 0 Å². The fourth-order valence-corrected chi connectivity index (χ4v) is 2.40. The lowest BCUT2D eigenvalue weighted by Gasteiger charge is -2.18. The van der Waals surface area contributed by atoms with Crippen LogP contribution in [0.25, 0.3) is 0 Å². The molecule has 0 fully saturated rings. The van der Waals surface area contributed by atoms with Crippen molar-refractivity contribution in [2.75, 3.05) is 5.32 Å². The molecule has 1 atom stereocenters. The van der Waals surface area contributed by atoms with E-state index in [1.54, 1.807) is 37.3 Å². The zero-order valence-electron chi connectivity index (χ0n) is 16.2. The van der Waals surface area contributed by atoms with Crippen LogP contribution in [0.15, 0.2) is 48.5 Å². The molecule has 0 aliphatic rings. The van der Waals surface area contributed by atoms with Gasteiger partial charge in [0, 0.05) is 17.7 Å². The molecule has 0 saturated carbocycles. The average Bonchev–Trinajstić information content (AvgIpc) is 2.70. The lowest BCUT2D eigenvalue weighted by molar-refractivity contribution is -0.128. The van der Waals surface area contributed by atoms with Crippen LogP contribution >= 0.6 is 0 Å². The molecule has 148 valence electrons. The maximum atomic E-state index is 12.3. The van der Waals surface area contributed by atoms with Gasteiger partial charge < -0.3 is 10.1 Å². The minimum absolute atomic E-state index is 0.108. The second-order valence-corrected chi connectivity index (χ2v) is 6.25. The molecule has 7 heteroatoms. The number of hydrogen-bond donors (Lipinski definition) is 3. The minimum atomic E-state index is -0.728. The van der Waals surface area contributed by atoms with Crippen molar-refractivity contribution < 1.29 is 19.1 Å². The van der Waals surface area contributed by atoms with Gasteiger partial charge in [-0.05, 0) is 55.3 Å². The van der Waals surface area contributed by atoms with Crippen LogP contribution in [0.1, 0.15) is 42.6 Å². The smallest absolute Gasteiger partial charge is 0.279 e. The third-order valence-corrected chi connectivity index (χ3v) is 3.98. The summed E-state index contributed by atoms with van der Waals surface area (Å²) in [6.45, 7) is 5.52. The Morgan fingerprint density at radius 1 is 1.00 bits per heavy atom. The van der Waals surface area contributed by atoms with E-state index in [1.807, 2.05) is 32.0 Å². The van der Waals surface area contributed by atoms with Gasteiger partial charge in [0.1, 0.15) is 5.75 Å². The van der Waals surface area contributed by atoms with Crippen LogP contribution in [-0.2, 0) is 9.59 Å². The highest BCUT2D eigenvalue weighted by Gasteiger charge is 2.19. The summed E-state index contributed by atoms with van der Waals surface area (Å²) in [7, 11) is 0. The average molecular weight is 383 g/mol. The number of benzene rings is 2. The van der Waals surface area contributed by atoms with Crippen molar-refractivity contribution >= 4 is 23.4 Å². The quantitative estimate of drug-likeness (QED) is 0.641. The molecule has 3 N–H and O–H groups in total. The van der Waals surface area contributed by atoms with Crippen molar-refractivity contribution in [3.8, 4) is 5.75 Å². The lowest BCUT2D eigenvalue weighted by atomic mass is 10.2. The van der Waals surface area contributed by atoms with E-state index in [0.717, 1.165) is 5.56 Å². The molecule has 1 unspecified atom stereocenters. The molecule has 7 nitrogen and oxygen atoms in total. The summed E-state index contributed by atoms with van der Waals surface area (Å²) < 4.78 is 5.70. The van der Waals surface area contributed by atoms with Gasteiger partial charge in [0.15, 0.2) is 6.10 Å². The molecule has 28 heavy (non-hydrogen) atoms. The van der Waals surface area contributed by atoms with Gasteiger partial charge in [-0.1, -0.05) is 26.0 Å². The summed E-state index contributed by atoms with van der Waals surface area (Å²) in [4.78, 5) is 35.9. The Morgan fingerprint density at radius 3 is 2.32 bits per heavy atom. The standard InChI is InChI=1S/C21H25N3O4/c1-4-18(28-17-8-6-7-14(3)13-17)21(27)24-23-20(26)15-9-11-16(12-10-15)22-19(25)5-2/h6-13,18H,4-5H2,1-3H3,(H,22,25)(H,23,26)(H,24,27). The van der Waals surface area contributed by atoms with Crippen molar-refractivity contribution in [3.05, 3.63) is 59.7 Å². The van der Waals surface area contributed by atoms with Crippen LogP contribution in [0.5, 0.6) is 5.75 Å². The number of rotatable bonds is 7. The zero-order valence-corrected chi connectivity index (χ0v) is 16.2. The number of ether oxygens (including phenoxy) is 1. The largest absolute Gasteiger partial charge is 0.481 e. The van der Waals surface area contributed by atoms with Crippen molar-refractivity contribution in [1.82, 2.24) is 10.9 Å². The Bertz CT molecular complexity index is 834. The summed E-state index contributed by atoms with van der Waals surface area (Å²) in [5.41, 5.74) is 6.74. The monoisotopic (exact) mass is 383 g/mol. The second kappa shape index (κ2) is 10.1. The molecule has 0 saturated heterocycles. The van der Waals surface area contributed by atoms with Gasteiger partial charge in [-0.2, -0.15) is 0 Å². The number of carbonyl (C=O) groups is 3. The Morgan fingerprint density at radius 2 is 1.71 bits per heavy atom. The van der Waals surface area contributed by atoms with Crippen LogP contribution in [-0.4, -0.2) is 23.8 Å². The van der Waals surface area contributed by atoms with Gasteiger partial charge >= 0.3 is 0 Å². The van der Waals surface area contributed by atoms with Crippen LogP contribution in [0.3, 0.4) is 0 Å². The van der Waals surface area contributed by atoms with E-state index in [4.69, 9.17) is 4.74 Å². The maximum Gasteiger partial charge on any atom is 0.279 e. The molecular formula is C21H25N3O4. The van der Waals surface area contributed by atoms with Crippen molar-refractivity contribution in [1.29, 1.82) is 0 Å². The fraction of sp³-hybridized carbons (Fsp3) is 0.286. The van der Waals surface area contributed by atoms with Crippen molar-refractivity contribution in [2.45, 2.75) is 39.7 Å². The van der Waals surface area contributed by atoms with E-state index in [2.05, 4.69) is 16.2 Å². The SMILES string of the molecule is CCC(=O)Nc1ccc(C(=O)NNC(=O)C(CC)Oc2cccc(C)c2)cc1. The van der Waals surface area contributed by atoms with Gasteiger partial charge in [-0.15, -0.1) is 0 Å². The first-order chi connectivity index (χ1) is 13.4. The minimum Gasteiger partial charge on any atom is -0.481 e. The van der Waals surface area contributed by atoms with Crippen LogP contribution in [0, 0.1) is 6.92 Å². The zero-order chi connectivity index (χ0) is 20.5. The van der Waals surface area contributed by atoms with E-state index in [0.29, 0.717) is 29.8 Å². The number of amides is 3. The van der Waals surface area contributed by atoms with Gasteiger partial charge in [-0.3, -0.25) is 25.2 Å². The lowest BCUT2D eigenvalue weighted by Crippen LogP contribution is -2.47. The molecule has 0 spiro atoms. The highest BCUT2D eigenvalue weighted by Crippen LogP contribution is 2.15. The topological polar surface area (TPSA) is 96.5 Å². The van der Waals surface area contributed by atoms with Gasteiger partial charge in [0.05, 0.1) is 0 Å². The molecule has 0 aliphatic heterocycles. The van der Waals surface area contributed by atoms with E-state index < -0.39 is 17.9 Å². The third-order valence-electron chi connectivity index (χ3n) is 3.98. The van der Waals surface area contributed by atoms with E-state index in [-0.39, 0.29) is 5.91 Å². The van der Waals surface area contributed by atoms with E-state index in [1.165, 1.54) is 0 Å². The Balaban J connectivity index is 1.89. The summed E-state index contributed by atoms with van der Waals surface area (Å²) in [6, 6.07) is 13.8. The number of anilines is 1. The molecule has 0 heterocycles. The molecule has 3 amide bonds. The molecule has 0 radical (unpaired) electrons. The molecule has 0 bridgehead atoms. The predicted molar refractivity (Wildman–Crippen MR) is 107 cm³/mol. The first-order valence-corrected chi connectivity index (χ1v) is 9.16. The fourth-order valence-electron chi connectivity index (χ4n) is 2.40. The third kappa shape index (κ3) is 6.12. The normalized spacial score (nSPS) is 11.2. The molecular weight excluding hydrogens is 358 g/mol. The number of aryl methyl sites for hydroxylation is 1. The highest BCUT2D eigenvalue weighted by atomic mass is 16.5. The first-order valence-electron chi connectivity index (χ1n) is 9.16. The molecule has 2 aromatic carbocycles. The van der Waals surface area contributed by atoms with Crippen LogP contribution < -0.4 is 20.9 Å². The molecule has 2 rings (SSSR count). The number of hydrogen-bond acceptors (Lipinski definition) is 4.